The third-order valence-electron chi connectivity index (χ3n) is 8.27. The molecule has 0 unspecified atom stereocenters. The van der Waals surface area contributed by atoms with Crippen LogP contribution in [0.5, 0.6) is 5.75 Å². The summed E-state index contributed by atoms with van der Waals surface area (Å²) in [7, 11) is 0. The van der Waals surface area contributed by atoms with Gasteiger partial charge in [-0.15, -0.1) is 13.2 Å². The van der Waals surface area contributed by atoms with Crippen LogP contribution >= 0.6 is 0 Å². The second kappa shape index (κ2) is 10.5. The molecule has 1 amide bonds. The van der Waals surface area contributed by atoms with Crippen LogP contribution in [0.1, 0.15) is 61.7 Å². The van der Waals surface area contributed by atoms with Gasteiger partial charge in [0.15, 0.2) is 0 Å². The van der Waals surface area contributed by atoms with Crippen molar-refractivity contribution in [1.29, 1.82) is 0 Å². The number of halogens is 3. The van der Waals surface area contributed by atoms with Crippen molar-refractivity contribution >= 4 is 5.91 Å². The molecule has 0 radical (unpaired) electrons. The number of fused-ring (bicyclic) bond motifs is 6. The molecule has 0 saturated carbocycles. The van der Waals surface area contributed by atoms with E-state index in [1.54, 1.807) is 5.57 Å². The third-order valence-corrected chi connectivity index (χ3v) is 8.27. The van der Waals surface area contributed by atoms with Gasteiger partial charge in [0.05, 0.1) is 0 Å². The van der Waals surface area contributed by atoms with Gasteiger partial charge in [0.1, 0.15) is 5.75 Å². The lowest BCUT2D eigenvalue weighted by atomic mass is 9.68. The molecule has 0 aromatic heterocycles. The van der Waals surface area contributed by atoms with Gasteiger partial charge in [-0.05, 0) is 101 Å². The monoisotopic (exact) mass is 491 g/mol. The number of alkyl halides is 3. The van der Waals surface area contributed by atoms with E-state index in [0.717, 1.165) is 55.9 Å². The Morgan fingerprint density at radius 2 is 1.91 bits per heavy atom. The van der Waals surface area contributed by atoms with E-state index in [1.807, 2.05) is 0 Å². The van der Waals surface area contributed by atoms with Crippen molar-refractivity contribution in [3.8, 4) is 5.75 Å². The summed E-state index contributed by atoms with van der Waals surface area (Å²) in [4.78, 5) is 17.8. The molecule has 3 saturated heterocycles. The van der Waals surface area contributed by atoms with Gasteiger partial charge in [-0.2, -0.15) is 0 Å². The summed E-state index contributed by atoms with van der Waals surface area (Å²) in [6.07, 6.45) is 7.75. The SMILES string of the molecule is O=C(NCCCCN1CCCC2=C[C@@H]3C[C@@H](CN4CCCC[C@H]34)[C@@H]21)c1ccc(OC(F)(F)F)cc1. The zero-order valence-corrected chi connectivity index (χ0v) is 20.2. The number of unbranched alkanes of at least 4 members (excludes halogenated alkanes) is 1. The summed E-state index contributed by atoms with van der Waals surface area (Å²) < 4.78 is 40.7. The van der Waals surface area contributed by atoms with Crippen LogP contribution < -0.4 is 10.1 Å². The molecule has 5 nitrogen and oxygen atoms in total. The van der Waals surface area contributed by atoms with E-state index >= 15 is 0 Å². The molecule has 8 heteroatoms. The van der Waals surface area contributed by atoms with Gasteiger partial charge in [0.2, 0.25) is 0 Å². The Kier molecular flexibility index (Phi) is 7.39. The highest BCUT2D eigenvalue weighted by atomic mass is 19.4. The first-order valence-corrected chi connectivity index (χ1v) is 13.2. The molecule has 2 bridgehead atoms. The van der Waals surface area contributed by atoms with Crippen LogP contribution in [-0.2, 0) is 0 Å². The number of carbonyl (C=O) groups excluding carboxylic acids is 1. The highest BCUT2D eigenvalue weighted by Gasteiger charge is 2.45. The maximum Gasteiger partial charge on any atom is 0.573 e. The standard InChI is InChI=1S/C27H36F3N3O2/c28-27(29,30)35-23-10-8-19(9-11-23)26(34)31-12-2-4-13-32-15-5-6-20-16-21-17-22(25(20)32)18-33-14-3-1-7-24(21)33/h8-11,16,21-22,24-25H,1-7,12-15,17-18H2,(H,31,34)/t21-,22+,24-,25-/m1/s1. The van der Waals surface area contributed by atoms with E-state index < -0.39 is 6.36 Å². The van der Waals surface area contributed by atoms with Crippen molar-refractivity contribution < 1.29 is 22.7 Å². The van der Waals surface area contributed by atoms with Crippen molar-refractivity contribution in [2.24, 2.45) is 11.8 Å². The van der Waals surface area contributed by atoms with Crippen molar-refractivity contribution in [2.45, 2.75) is 69.8 Å². The normalized spacial score (nSPS) is 29.1. The van der Waals surface area contributed by atoms with Crippen LogP contribution in [0.25, 0.3) is 0 Å². The maximum absolute atomic E-state index is 12.3. The van der Waals surface area contributed by atoms with E-state index in [2.05, 4.69) is 25.9 Å². The van der Waals surface area contributed by atoms with Crippen LogP contribution in [0.4, 0.5) is 13.2 Å². The molecule has 3 aliphatic heterocycles. The highest BCUT2D eigenvalue weighted by molar-refractivity contribution is 5.94. The van der Waals surface area contributed by atoms with Crippen LogP contribution in [0, 0.1) is 11.8 Å². The Morgan fingerprint density at radius 3 is 2.71 bits per heavy atom. The Morgan fingerprint density at radius 1 is 1.09 bits per heavy atom. The first-order valence-electron chi connectivity index (χ1n) is 13.2. The fourth-order valence-corrected chi connectivity index (χ4v) is 6.89. The number of likely N-dealkylation sites (tertiary alicyclic amines) is 1. The average Bonchev–Trinajstić information content (AvgIpc) is 2.83. The van der Waals surface area contributed by atoms with E-state index in [0.29, 0.717) is 18.2 Å². The average molecular weight is 492 g/mol. The molecular formula is C27H36F3N3O2. The quantitative estimate of drug-likeness (QED) is 0.431. The number of nitrogens with zero attached hydrogens (tertiary/aromatic N) is 2. The molecule has 35 heavy (non-hydrogen) atoms. The zero-order chi connectivity index (χ0) is 24.4. The lowest BCUT2D eigenvalue weighted by Gasteiger charge is -2.55. The summed E-state index contributed by atoms with van der Waals surface area (Å²) in [6.45, 7) is 5.28. The van der Waals surface area contributed by atoms with Gasteiger partial charge in [-0.25, -0.2) is 0 Å². The minimum absolute atomic E-state index is 0.275. The maximum atomic E-state index is 12.3. The summed E-state index contributed by atoms with van der Waals surface area (Å²) in [5, 5.41) is 2.89. The Bertz CT molecular complexity index is 917. The minimum Gasteiger partial charge on any atom is -0.406 e. The van der Waals surface area contributed by atoms with Crippen LogP contribution in [-0.4, -0.2) is 66.9 Å². The minimum atomic E-state index is -4.74. The predicted molar refractivity (Wildman–Crippen MR) is 128 cm³/mol. The number of nitrogens with one attached hydrogen (secondary N) is 1. The predicted octanol–water partition coefficient (Wildman–Crippen LogP) is 4.99. The van der Waals surface area contributed by atoms with Gasteiger partial charge in [0.25, 0.3) is 5.91 Å². The molecule has 3 heterocycles. The van der Waals surface area contributed by atoms with Crippen molar-refractivity contribution in [3.63, 3.8) is 0 Å². The summed E-state index contributed by atoms with van der Waals surface area (Å²) in [6, 6.07) is 6.40. The number of amides is 1. The first kappa shape index (κ1) is 24.6. The first-order chi connectivity index (χ1) is 16.9. The number of hydrogen-bond acceptors (Lipinski definition) is 4. The van der Waals surface area contributed by atoms with E-state index in [1.165, 1.54) is 63.7 Å². The molecule has 0 spiro atoms. The Labute approximate surface area is 205 Å². The molecule has 5 rings (SSSR count). The molecular weight excluding hydrogens is 455 g/mol. The summed E-state index contributed by atoms with van der Waals surface area (Å²) >= 11 is 0. The number of carbonyl (C=O) groups is 1. The van der Waals surface area contributed by atoms with Gasteiger partial charge in [0, 0.05) is 30.7 Å². The zero-order valence-electron chi connectivity index (χ0n) is 20.2. The van der Waals surface area contributed by atoms with Gasteiger partial charge in [-0.3, -0.25) is 14.6 Å². The molecule has 4 aliphatic rings. The number of rotatable bonds is 7. The largest absolute Gasteiger partial charge is 0.573 e. The molecule has 192 valence electrons. The van der Waals surface area contributed by atoms with E-state index in [9.17, 15) is 18.0 Å². The van der Waals surface area contributed by atoms with E-state index in [-0.39, 0.29) is 11.7 Å². The van der Waals surface area contributed by atoms with Crippen LogP contribution in [0.3, 0.4) is 0 Å². The second-order valence-corrected chi connectivity index (χ2v) is 10.6. The van der Waals surface area contributed by atoms with Crippen molar-refractivity contribution in [1.82, 2.24) is 15.1 Å². The van der Waals surface area contributed by atoms with Crippen molar-refractivity contribution in [2.75, 3.05) is 32.7 Å². The fourth-order valence-electron chi connectivity index (χ4n) is 6.89. The molecule has 4 atom stereocenters. The number of hydrogen-bond donors (Lipinski definition) is 1. The summed E-state index contributed by atoms with van der Waals surface area (Å²) in [5.41, 5.74) is 2.02. The van der Waals surface area contributed by atoms with Crippen LogP contribution in [0.15, 0.2) is 35.9 Å². The van der Waals surface area contributed by atoms with Gasteiger partial charge in [-0.1, -0.05) is 18.1 Å². The van der Waals surface area contributed by atoms with Gasteiger partial charge >= 0.3 is 6.36 Å². The highest BCUT2D eigenvalue weighted by Crippen LogP contribution is 2.45. The molecule has 3 fully saturated rings. The molecule has 1 aliphatic carbocycles. The third kappa shape index (κ3) is 5.85. The fraction of sp³-hybridized carbons (Fsp3) is 0.667. The number of benzene rings is 1. The smallest absolute Gasteiger partial charge is 0.406 e. The molecule has 1 aromatic carbocycles. The van der Waals surface area contributed by atoms with E-state index in [4.69, 9.17) is 0 Å². The summed E-state index contributed by atoms with van der Waals surface area (Å²) in [5.74, 6) is 0.901. The van der Waals surface area contributed by atoms with Gasteiger partial charge < -0.3 is 10.1 Å². The molecule has 1 aromatic rings. The Balaban J connectivity index is 1.08. The lowest BCUT2D eigenvalue weighted by molar-refractivity contribution is -0.274. The topological polar surface area (TPSA) is 44.8 Å². The number of ether oxygens (including phenoxy) is 1. The van der Waals surface area contributed by atoms with Crippen molar-refractivity contribution in [3.05, 3.63) is 41.5 Å². The van der Waals surface area contributed by atoms with Crippen LogP contribution in [0.2, 0.25) is 0 Å². The lowest BCUT2D eigenvalue weighted by Crippen LogP contribution is -2.59. The Hall–Kier alpha value is -2.06. The number of piperidine rings is 3. The molecule has 1 N–H and O–H groups in total. The second-order valence-electron chi connectivity index (χ2n) is 10.6.